The zero-order valence-electron chi connectivity index (χ0n) is 10.2. The Kier molecular flexibility index (Phi) is 3.99. The fourth-order valence-corrected chi connectivity index (χ4v) is 2.14. The van der Waals surface area contributed by atoms with E-state index in [0.29, 0.717) is 11.0 Å². The predicted octanol–water partition coefficient (Wildman–Crippen LogP) is 3.56. The van der Waals surface area contributed by atoms with Crippen LogP contribution in [-0.4, -0.2) is 20.9 Å². The van der Waals surface area contributed by atoms with Crippen molar-refractivity contribution in [3.63, 3.8) is 0 Å². The summed E-state index contributed by atoms with van der Waals surface area (Å²) in [5.41, 5.74) is 0.357. The fraction of sp³-hybridized carbons (Fsp3) is 0.231. The molecule has 1 heterocycles. The van der Waals surface area contributed by atoms with Crippen LogP contribution in [0.5, 0.6) is 0 Å². The van der Waals surface area contributed by atoms with Crippen molar-refractivity contribution >= 4 is 21.9 Å². The topological polar surface area (TPSA) is 55.1 Å². The molecular weight excluding hydrogens is 315 g/mol. The van der Waals surface area contributed by atoms with Crippen molar-refractivity contribution < 1.29 is 14.3 Å². The largest absolute Gasteiger partial charge is 0.478 e. The molecule has 0 fully saturated rings. The second kappa shape index (κ2) is 5.52. The van der Waals surface area contributed by atoms with Gasteiger partial charge in [0.05, 0.1) is 0 Å². The van der Waals surface area contributed by atoms with Gasteiger partial charge in [0.15, 0.2) is 0 Å². The molecule has 1 aromatic carbocycles. The van der Waals surface area contributed by atoms with Gasteiger partial charge in [0.25, 0.3) is 0 Å². The Bertz CT molecular complexity index is 625. The Labute approximate surface area is 118 Å². The standard InChI is InChI=1S/C13H12BrFN2O2/c1-2-5-17-7-10(13(18)19)12(16-17)9-4-3-8(14)6-11(9)15/h3-4,6-7H,2,5H2,1H3,(H,18,19). The maximum absolute atomic E-state index is 13.9. The Morgan fingerprint density at radius 1 is 1.53 bits per heavy atom. The molecule has 0 radical (unpaired) electrons. The van der Waals surface area contributed by atoms with Gasteiger partial charge in [-0.15, -0.1) is 0 Å². The minimum absolute atomic E-state index is 0.00896. The maximum atomic E-state index is 13.9. The fourth-order valence-electron chi connectivity index (χ4n) is 1.80. The summed E-state index contributed by atoms with van der Waals surface area (Å²) in [7, 11) is 0. The third-order valence-electron chi connectivity index (χ3n) is 2.63. The highest BCUT2D eigenvalue weighted by atomic mass is 79.9. The molecule has 0 amide bonds. The van der Waals surface area contributed by atoms with Crippen molar-refractivity contribution in [2.45, 2.75) is 19.9 Å². The number of aromatic carboxylic acids is 1. The van der Waals surface area contributed by atoms with Crippen LogP contribution in [0, 0.1) is 5.82 Å². The van der Waals surface area contributed by atoms with Crippen LogP contribution in [0.15, 0.2) is 28.9 Å². The number of nitrogens with zero attached hydrogens (tertiary/aromatic N) is 2. The van der Waals surface area contributed by atoms with Crippen molar-refractivity contribution in [2.75, 3.05) is 0 Å². The molecule has 0 unspecified atom stereocenters. The molecule has 0 saturated carbocycles. The van der Waals surface area contributed by atoms with E-state index >= 15 is 0 Å². The number of aromatic nitrogens is 2. The number of hydrogen-bond donors (Lipinski definition) is 1. The first-order chi connectivity index (χ1) is 9.02. The van der Waals surface area contributed by atoms with Crippen LogP contribution in [0.1, 0.15) is 23.7 Å². The van der Waals surface area contributed by atoms with Gasteiger partial charge in [-0.05, 0) is 24.6 Å². The molecule has 0 saturated heterocycles. The summed E-state index contributed by atoms with van der Waals surface area (Å²) in [4.78, 5) is 11.2. The highest BCUT2D eigenvalue weighted by molar-refractivity contribution is 9.10. The second-order valence-corrected chi connectivity index (χ2v) is 5.00. The van der Waals surface area contributed by atoms with Crippen molar-refractivity contribution in [1.82, 2.24) is 9.78 Å². The van der Waals surface area contributed by atoms with E-state index in [1.807, 2.05) is 6.92 Å². The number of carboxylic acids is 1. The zero-order chi connectivity index (χ0) is 14.0. The normalized spacial score (nSPS) is 10.7. The van der Waals surface area contributed by atoms with Crippen LogP contribution < -0.4 is 0 Å². The average Bonchev–Trinajstić information content (AvgIpc) is 2.73. The number of halogens is 2. The Balaban J connectivity index is 2.56. The van der Waals surface area contributed by atoms with E-state index in [4.69, 9.17) is 5.11 Å². The molecule has 19 heavy (non-hydrogen) atoms. The molecule has 1 N–H and O–H groups in total. The van der Waals surface area contributed by atoms with Crippen LogP contribution in [0.25, 0.3) is 11.3 Å². The lowest BCUT2D eigenvalue weighted by molar-refractivity contribution is 0.0697. The highest BCUT2D eigenvalue weighted by Crippen LogP contribution is 2.27. The van der Waals surface area contributed by atoms with Gasteiger partial charge in [-0.25, -0.2) is 9.18 Å². The van der Waals surface area contributed by atoms with Crippen LogP contribution >= 0.6 is 15.9 Å². The van der Waals surface area contributed by atoms with Gasteiger partial charge in [0.1, 0.15) is 17.1 Å². The van der Waals surface area contributed by atoms with E-state index < -0.39 is 11.8 Å². The van der Waals surface area contributed by atoms with Crippen molar-refractivity contribution in [2.24, 2.45) is 0 Å². The first-order valence-electron chi connectivity index (χ1n) is 5.79. The maximum Gasteiger partial charge on any atom is 0.339 e. The number of hydrogen-bond acceptors (Lipinski definition) is 2. The van der Waals surface area contributed by atoms with Crippen LogP contribution in [0.4, 0.5) is 4.39 Å². The third kappa shape index (κ3) is 2.84. The summed E-state index contributed by atoms with van der Waals surface area (Å²) < 4.78 is 16.0. The molecule has 2 rings (SSSR count). The summed E-state index contributed by atoms with van der Waals surface area (Å²) in [5, 5.41) is 13.3. The van der Waals surface area contributed by atoms with E-state index in [9.17, 15) is 9.18 Å². The van der Waals surface area contributed by atoms with Gasteiger partial charge < -0.3 is 5.11 Å². The van der Waals surface area contributed by atoms with E-state index in [1.165, 1.54) is 23.0 Å². The minimum atomic E-state index is -1.11. The van der Waals surface area contributed by atoms with Gasteiger partial charge in [0.2, 0.25) is 0 Å². The molecule has 1 aromatic heterocycles. The molecule has 6 heteroatoms. The number of benzene rings is 1. The SMILES string of the molecule is CCCn1cc(C(=O)O)c(-c2ccc(Br)cc2F)n1. The second-order valence-electron chi connectivity index (χ2n) is 4.08. The lowest BCUT2D eigenvalue weighted by Gasteiger charge is -2.02. The van der Waals surface area contributed by atoms with Crippen LogP contribution in [-0.2, 0) is 6.54 Å². The summed E-state index contributed by atoms with van der Waals surface area (Å²) in [6, 6.07) is 4.47. The molecule has 2 aromatic rings. The molecule has 0 aliphatic carbocycles. The Morgan fingerprint density at radius 2 is 2.26 bits per heavy atom. The molecule has 0 atom stereocenters. The first kappa shape index (κ1) is 13.7. The average molecular weight is 327 g/mol. The zero-order valence-corrected chi connectivity index (χ0v) is 11.8. The number of carboxylic acid groups (broad SMARTS) is 1. The first-order valence-corrected chi connectivity index (χ1v) is 6.58. The summed E-state index contributed by atoms with van der Waals surface area (Å²) in [5.74, 6) is -1.61. The molecule has 0 aliphatic rings. The van der Waals surface area contributed by atoms with Crippen LogP contribution in [0.2, 0.25) is 0 Å². The third-order valence-corrected chi connectivity index (χ3v) is 3.12. The monoisotopic (exact) mass is 326 g/mol. The van der Waals surface area contributed by atoms with E-state index in [0.717, 1.165) is 6.42 Å². The molecule has 100 valence electrons. The lowest BCUT2D eigenvalue weighted by atomic mass is 10.1. The molecule has 0 bridgehead atoms. The molecule has 0 spiro atoms. The van der Waals surface area contributed by atoms with Gasteiger partial charge >= 0.3 is 5.97 Å². The van der Waals surface area contributed by atoms with E-state index in [2.05, 4.69) is 21.0 Å². The summed E-state index contributed by atoms with van der Waals surface area (Å²) in [6.07, 6.45) is 2.26. The molecule has 0 aliphatic heterocycles. The van der Waals surface area contributed by atoms with E-state index in [-0.39, 0.29) is 16.8 Å². The van der Waals surface area contributed by atoms with Gasteiger partial charge in [-0.2, -0.15) is 5.10 Å². The lowest BCUT2D eigenvalue weighted by Crippen LogP contribution is -1.98. The Hall–Kier alpha value is -1.69. The minimum Gasteiger partial charge on any atom is -0.478 e. The van der Waals surface area contributed by atoms with E-state index in [1.54, 1.807) is 6.07 Å². The van der Waals surface area contributed by atoms with Gasteiger partial charge in [0, 0.05) is 22.8 Å². The van der Waals surface area contributed by atoms with Crippen molar-refractivity contribution in [3.8, 4) is 11.3 Å². The number of carbonyl (C=O) groups is 1. The highest BCUT2D eigenvalue weighted by Gasteiger charge is 2.19. The number of rotatable bonds is 4. The summed E-state index contributed by atoms with van der Waals surface area (Å²) in [6.45, 7) is 2.56. The predicted molar refractivity (Wildman–Crippen MR) is 72.6 cm³/mol. The van der Waals surface area contributed by atoms with Crippen molar-refractivity contribution in [3.05, 3.63) is 40.2 Å². The Morgan fingerprint density at radius 3 is 2.84 bits per heavy atom. The quantitative estimate of drug-likeness (QED) is 0.934. The van der Waals surface area contributed by atoms with Crippen molar-refractivity contribution in [1.29, 1.82) is 0 Å². The van der Waals surface area contributed by atoms with Gasteiger partial charge in [-0.1, -0.05) is 22.9 Å². The summed E-state index contributed by atoms with van der Waals surface area (Å²) >= 11 is 3.16. The molecule has 4 nitrogen and oxygen atoms in total. The number of aryl methyl sites for hydroxylation is 1. The smallest absolute Gasteiger partial charge is 0.339 e. The van der Waals surface area contributed by atoms with Gasteiger partial charge in [-0.3, -0.25) is 4.68 Å². The van der Waals surface area contributed by atoms with Crippen LogP contribution in [0.3, 0.4) is 0 Å². The molecular formula is C13H12BrFN2O2.